The summed E-state index contributed by atoms with van der Waals surface area (Å²) < 4.78 is 17.2. The largest absolute Gasteiger partial charge is 0.379 e. The van der Waals surface area contributed by atoms with E-state index in [1.807, 2.05) is 0 Å². The molecule has 2 heterocycles. The molecular weight excluding hydrogens is 392 g/mol. The van der Waals surface area contributed by atoms with Crippen LogP contribution >= 0.6 is 0 Å². The molecule has 0 spiro atoms. The molecule has 3 rings (SSSR count). The Morgan fingerprint density at radius 1 is 1.00 bits per heavy atom. The van der Waals surface area contributed by atoms with Gasteiger partial charge in [0.05, 0.1) is 18.8 Å². The van der Waals surface area contributed by atoms with Crippen LogP contribution in [0, 0.1) is 0 Å². The summed E-state index contributed by atoms with van der Waals surface area (Å²) in [5.74, 6) is 0.846. The van der Waals surface area contributed by atoms with Gasteiger partial charge in [-0.1, -0.05) is 30.3 Å². The monoisotopic (exact) mass is 432 g/mol. The molecule has 1 atom stereocenters. The van der Waals surface area contributed by atoms with Crippen LogP contribution < -0.4 is 10.6 Å². The number of hydrogen-bond acceptors (Lipinski definition) is 5. The molecule has 2 aliphatic heterocycles. The summed E-state index contributed by atoms with van der Waals surface area (Å²) in [5.41, 5.74) is 1.39. The van der Waals surface area contributed by atoms with Crippen molar-refractivity contribution in [1.29, 1.82) is 0 Å². The maximum absolute atomic E-state index is 6.11. The third-order valence-electron chi connectivity index (χ3n) is 5.83. The van der Waals surface area contributed by atoms with Crippen LogP contribution in [0.1, 0.15) is 37.7 Å². The predicted molar refractivity (Wildman–Crippen MR) is 124 cm³/mol. The SMILES string of the molecule is CN=C(NCCCOC1CCN(Cc2ccccc2)CC1)NCCCOC1CCOC1. The van der Waals surface area contributed by atoms with Gasteiger partial charge in [-0.25, -0.2) is 0 Å². The number of guanidine groups is 1. The van der Waals surface area contributed by atoms with Gasteiger partial charge in [-0.2, -0.15) is 0 Å². The number of rotatable bonds is 12. The van der Waals surface area contributed by atoms with Gasteiger partial charge in [-0.05, 0) is 37.7 Å². The van der Waals surface area contributed by atoms with Crippen molar-refractivity contribution in [2.24, 2.45) is 4.99 Å². The van der Waals surface area contributed by atoms with Crippen LogP contribution in [0.25, 0.3) is 0 Å². The lowest BCUT2D eigenvalue weighted by Gasteiger charge is -2.32. The lowest BCUT2D eigenvalue weighted by molar-refractivity contribution is 0.00534. The van der Waals surface area contributed by atoms with Crippen molar-refractivity contribution < 1.29 is 14.2 Å². The molecule has 2 aliphatic rings. The van der Waals surface area contributed by atoms with Gasteiger partial charge < -0.3 is 24.8 Å². The summed E-state index contributed by atoms with van der Waals surface area (Å²) >= 11 is 0. The number of hydrogen-bond donors (Lipinski definition) is 2. The molecule has 0 saturated carbocycles. The molecule has 174 valence electrons. The lowest BCUT2D eigenvalue weighted by Crippen LogP contribution is -2.39. The van der Waals surface area contributed by atoms with Gasteiger partial charge in [0.25, 0.3) is 0 Å². The zero-order valence-corrected chi connectivity index (χ0v) is 19.1. The first-order valence-corrected chi connectivity index (χ1v) is 11.8. The normalized spacial score (nSPS) is 20.8. The smallest absolute Gasteiger partial charge is 0.190 e. The van der Waals surface area contributed by atoms with Crippen molar-refractivity contribution in [1.82, 2.24) is 15.5 Å². The van der Waals surface area contributed by atoms with Crippen LogP contribution in [0.2, 0.25) is 0 Å². The molecule has 1 unspecified atom stereocenters. The van der Waals surface area contributed by atoms with Crippen molar-refractivity contribution in [3.63, 3.8) is 0 Å². The second-order valence-corrected chi connectivity index (χ2v) is 8.32. The highest BCUT2D eigenvalue weighted by atomic mass is 16.5. The summed E-state index contributed by atoms with van der Waals surface area (Å²) in [6.07, 6.45) is 5.89. The zero-order chi connectivity index (χ0) is 21.6. The molecule has 0 aliphatic carbocycles. The van der Waals surface area contributed by atoms with E-state index in [4.69, 9.17) is 14.2 Å². The maximum atomic E-state index is 6.11. The van der Waals surface area contributed by atoms with Crippen LogP contribution in [0.3, 0.4) is 0 Å². The number of nitrogens with one attached hydrogen (secondary N) is 2. The Bertz CT molecular complexity index is 615. The molecule has 0 aromatic heterocycles. The third kappa shape index (κ3) is 9.56. The van der Waals surface area contributed by atoms with Crippen LogP contribution in [-0.2, 0) is 20.8 Å². The summed E-state index contributed by atoms with van der Waals surface area (Å²) in [6, 6.07) is 10.7. The Labute approximate surface area is 187 Å². The first kappa shape index (κ1) is 24.0. The maximum Gasteiger partial charge on any atom is 0.190 e. The molecule has 2 N–H and O–H groups in total. The fourth-order valence-corrected chi connectivity index (χ4v) is 4.00. The minimum Gasteiger partial charge on any atom is -0.379 e. The van der Waals surface area contributed by atoms with E-state index in [-0.39, 0.29) is 6.10 Å². The van der Waals surface area contributed by atoms with Gasteiger partial charge >= 0.3 is 0 Å². The van der Waals surface area contributed by atoms with E-state index in [9.17, 15) is 0 Å². The fourth-order valence-electron chi connectivity index (χ4n) is 4.00. The number of likely N-dealkylation sites (tertiary alicyclic amines) is 1. The Hall–Kier alpha value is -1.67. The molecule has 2 fully saturated rings. The van der Waals surface area contributed by atoms with Crippen molar-refractivity contribution >= 4 is 5.96 Å². The zero-order valence-electron chi connectivity index (χ0n) is 19.1. The van der Waals surface area contributed by atoms with Gasteiger partial charge in [0.1, 0.15) is 0 Å². The van der Waals surface area contributed by atoms with Crippen LogP contribution in [-0.4, -0.2) is 82.7 Å². The third-order valence-corrected chi connectivity index (χ3v) is 5.83. The van der Waals surface area contributed by atoms with Crippen molar-refractivity contribution in [2.75, 3.05) is 59.7 Å². The topological polar surface area (TPSA) is 67.4 Å². The molecule has 1 aromatic rings. The van der Waals surface area contributed by atoms with Crippen LogP contribution in [0.4, 0.5) is 0 Å². The Morgan fingerprint density at radius 3 is 2.29 bits per heavy atom. The molecule has 2 saturated heterocycles. The van der Waals surface area contributed by atoms with Gasteiger partial charge in [0.15, 0.2) is 5.96 Å². The lowest BCUT2D eigenvalue weighted by atomic mass is 10.1. The second-order valence-electron chi connectivity index (χ2n) is 8.32. The van der Waals surface area contributed by atoms with E-state index in [2.05, 4.69) is 50.9 Å². The van der Waals surface area contributed by atoms with Crippen LogP contribution in [0.5, 0.6) is 0 Å². The molecule has 7 heteroatoms. The van der Waals surface area contributed by atoms with Gasteiger partial charge in [0, 0.05) is 59.6 Å². The molecular formula is C24H40N4O3. The molecule has 0 radical (unpaired) electrons. The predicted octanol–water partition coefficient (Wildman–Crippen LogP) is 2.42. The van der Waals surface area contributed by atoms with E-state index in [1.54, 1.807) is 7.05 Å². The molecule has 7 nitrogen and oxygen atoms in total. The van der Waals surface area contributed by atoms with Crippen LogP contribution in [0.15, 0.2) is 35.3 Å². The Balaban J connectivity index is 1.15. The quantitative estimate of drug-likeness (QED) is 0.300. The molecule has 31 heavy (non-hydrogen) atoms. The number of piperidine rings is 1. The average Bonchev–Trinajstić information content (AvgIpc) is 3.32. The minimum absolute atomic E-state index is 0.286. The highest BCUT2D eigenvalue weighted by molar-refractivity contribution is 5.79. The van der Waals surface area contributed by atoms with E-state index < -0.39 is 0 Å². The van der Waals surface area contributed by atoms with Crippen molar-refractivity contribution in [3.8, 4) is 0 Å². The molecule has 0 amide bonds. The standard InChI is InChI=1S/C24H40N4O3/c1-25-24(27-13-6-17-31-23-11-18-29-20-23)26-12-5-16-30-22-9-14-28(15-10-22)19-21-7-3-2-4-8-21/h2-4,7-8,22-23H,5-6,9-20H2,1H3,(H2,25,26,27). The summed E-state index contributed by atoms with van der Waals surface area (Å²) in [6.45, 7) is 8.12. The summed E-state index contributed by atoms with van der Waals surface area (Å²) in [7, 11) is 1.81. The van der Waals surface area contributed by atoms with Gasteiger partial charge in [-0.3, -0.25) is 9.89 Å². The molecule has 0 bridgehead atoms. The first-order chi connectivity index (χ1) is 15.3. The first-order valence-electron chi connectivity index (χ1n) is 11.8. The minimum atomic E-state index is 0.286. The Morgan fingerprint density at radius 2 is 1.68 bits per heavy atom. The van der Waals surface area contributed by atoms with Crippen molar-refractivity contribution in [3.05, 3.63) is 35.9 Å². The van der Waals surface area contributed by atoms with E-state index >= 15 is 0 Å². The summed E-state index contributed by atoms with van der Waals surface area (Å²) in [5, 5.41) is 6.70. The fraction of sp³-hybridized carbons (Fsp3) is 0.708. The number of nitrogens with zero attached hydrogens (tertiary/aromatic N) is 2. The summed E-state index contributed by atoms with van der Waals surface area (Å²) in [4.78, 5) is 6.81. The van der Waals surface area contributed by atoms with E-state index in [1.165, 1.54) is 5.56 Å². The van der Waals surface area contributed by atoms with E-state index in [0.717, 1.165) is 97.2 Å². The van der Waals surface area contributed by atoms with Crippen molar-refractivity contribution in [2.45, 2.75) is 50.9 Å². The highest BCUT2D eigenvalue weighted by Gasteiger charge is 2.19. The average molecular weight is 433 g/mol. The highest BCUT2D eigenvalue weighted by Crippen LogP contribution is 2.16. The van der Waals surface area contributed by atoms with Gasteiger partial charge in [-0.15, -0.1) is 0 Å². The molecule has 1 aromatic carbocycles. The Kier molecular flexibility index (Phi) is 11.1. The number of aliphatic imine (C=N–C) groups is 1. The van der Waals surface area contributed by atoms with Gasteiger partial charge in [0.2, 0.25) is 0 Å². The second kappa shape index (κ2) is 14.4. The van der Waals surface area contributed by atoms with E-state index in [0.29, 0.717) is 6.10 Å². The number of ether oxygens (including phenoxy) is 3. The number of benzene rings is 1.